The van der Waals surface area contributed by atoms with Crippen molar-refractivity contribution in [3.63, 3.8) is 0 Å². The third-order valence-electron chi connectivity index (χ3n) is 4.79. The van der Waals surface area contributed by atoms with Gasteiger partial charge in [0.05, 0.1) is 12.8 Å². The first-order chi connectivity index (χ1) is 9.85. The standard InChI is InChI=1S/C16H27N3O/c17-11-14-10-16(20-13-14)12-18-8-4-15(5-9-18)19-6-2-1-3-7-19/h10,13,15H,1-9,11-12,17H2. The van der Waals surface area contributed by atoms with E-state index in [4.69, 9.17) is 10.2 Å². The lowest BCUT2D eigenvalue weighted by atomic mass is 10.00. The van der Waals surface area contributed by atoms with Gasteiger partial charge in [-0.2, -0.15) is 0 Å². The number of furan rings is 1. The molecule has 0 atom stereocenters. The third kappa shape index (κ3) is 3.43. The molecule has 0 amide bonds. The second-order valence-corrected chi connectivity index (χ2v) is 6.23. The van der Waals surface area contributed by atoms with Crippen LogP contribution in [0.5, 0.6) is 0 Å². The van der Waals surface area contributed by atoms with Gasteiger partial charge in [0, 0.05) is 31.2 Å². The molecule has 2 N–H and O–H groups in total. The Hall–Kier alpha value is -0.840. The van der Waals surface area contributed by atoms with E-state index in [1.807, 2.05) is 0 Å². The highest BCUT2D eigenvalue weighted by molar-refractivity contribution is 5.12. The lowest BCUT2D eigenvalue weighted by Crippen LogP contribution is -2.46. The maximum atomic E-state index is 5.62. The van der Waals surface area contributed by atoms with Crippen LogP contribution in [-0.4, -0.2) is 42.0 Å². The molecule has 0 spiro atoms. The SMILES string of the molecule is NCc1coc(CN2CCC(N3CCCCC3)CC2)c1. The molecule has 0 radical (unpaired) electrons. The van der Waals surface area contributed by atoms with Crippen LogP contribution in [0.2, 0.25) is 0 Å². The van der Waals surface area contributed by atoms with Gasteiger partial charge in [-0.1, -0.05) is 6.42 Å². The minimum atomic E-state index is 0.570. The number of hydrogen-bond donors (Lipinski definition) is 1. The van der Waals surface area contributed by atoms with E-state index in [1.165, 1.54) is 58.3 Å². The fourth-order valence-corrected chi connectivity index (χ4v) is 3.56. The average molecular weight is 277 g/mol. The van der Waals surface area contributed by atoms with Crippen LogP contribution in [0, 0.1) is 0 Å². The summed E-state index contributed by atoms with van der Waals surface area (Å²) >= 11 is 0. The minimum Gasteiger partial charge on any atom is -0.468 e. The molecule has 112 valence electrons. The van der Waals surface area contributed by atoms with Crippen molar-refractivity contribution in [2.45, 2.75) is 51.2 Å². The lowest BCUT2D eigenvalue weighted by molar-refractivity contribution is 0.0866. The molecule has 3 rings (SSSR count). The van der Waals surface area contributed by atoms with E-state index in [2.05, 4.69) is 15.9 Å². The van der Waals surface area contributed by atoms with Gasteiger partial charge in [0.15, 0.2) is 0 Å². The Kier molecular flexibility index (Phi) is 4.76. The van der Waals surface area contributed by atoms with Crippen LogP contribution in [0.3, 0.4) is 0 Å². The maximum Gasteiger partial charge on any atom is 0.118 e. The zero-order chi connectivity index (χ0) is 13.8. The summed E-state index contributed by atoms with van der Waals surface area (Å²) in [6, 6.07) is 2.92. The molecular weight excluding hydrogens is 250 g/mol. The molecule has 0 unspecified atom stereocenters. The monoisotopic (exact) mass is 277 g/mol. The van der Waals surface area contributed by atoms with E-state index in [0.717, 1.165) is 23.9 Å². The largest absolute Gasteiger partial charge is 0.468 e. The summed E-state index contributed by atoms with van der Waals surface area (Å²) in [4.78, 5) is 5.24. The summed E-state index contributed by atoms with van der Waals surface area (Å²) in [7, 11) is 0. The highest BCUT2D eigenvalue weighted by Gasteiger charge is 2.25. The number of nitrogens with two attached hydrogens (primary N) is 1. The Morgan fingerprint density at radius 2 is 1.85 bits per heavy atom. The van der Waals surface area contributed by atoms with Crippen molar-refractivity contribution in [2.75, 3.05) is 26.2 Å². The van der Waals surface area contributed by atoms with E-state index in [1.54, 1.807) is 6.26 Å². The number of hydrogen-bond acceptors (Lipinski definition) is 4. The van der Waals surface area contributed by atoms with Crippen LogP contribution in [0.25, 0.3) is 0 Å². The van der Waals surface area contributed by atoms with Gasteiger partial charge >= 0.3 is 0 Å². The number of nitrogens with zero attached hydrogens (tertiary/aromatic N) is 2. The molecule has 4 heteroatoms. The van der Waals surface area contributed by atoms with Gasteiger partial charge in [-0.3, -0.25) is 4.90 Å². The van der Waals surface area contributed by atoms with Gasteiger partial charge in [0.25, 0.3) is 0 Å². The Balaban J connectivity index is 1.45. The molecule has 0 bridgehead atoms. The van der Waals surface area contributed by atoms with Crippen LogP contribution < -0.4 is 5.73 Å². The van der Waals surface area contributed by atoms with Crippen LogP contribution in [0.4, 0.5) is 0 Å². The van der Waals surface area contributed by atoms with Crippen molar-refractivity contribution >= 4 is 0 Å². The lowest BCUT2D eigenvalue weighted by Gasteiger charge is -2.40. The molecule has 2 fully saturated rings. The average Bonchev–Trinajstić information content (AvgIpc) is 2.97. The first-order valence-corrected chi connectivity index (χ1v) is 8.08. The summed E-state index contributed by atoms with van der Waals surface area (Å²) < 4.78 is 5.57. The molecule has 2 saturated heterocycles. The highest BCUT2D eigenvalue weighted by atomic mass is 16.3. The van der Waals surface area contributed by atoms with Crippen molar-refractivity contribution in [3.8, 4) is 0 Å². The van der Waals surface area contributed by atoms with Gasteiger partial charge in [-0.15, -0.1) is 0 Å². The molecule has 2 aliphatic heterocycles. The predicted octanol–water partition coefficient (Wildman–Crippen LogP) is 2.19. The van der Waals surface area contributed by atoms with Crippen molar-refractivity contribution in [3.05, 3.63) is 23.7 Å². The molecule has 3 heterocycles. The molecule has 1 aromatic heterocycles. The summed E-state index contributed by atoms with van der Waals surface area (Å²) in [6.45, 7) is 6.54. The normalized spacial score (nSPS) is 23.2. The summed E-state index contributed by atoms with van der Waals surface area (Å²) in [5.41, 5.74) is 6.72. The molecule has 4 nitrogen and oxygen atoms in total. The Morgan fingerprint density at radius 1 is 1.10 bits per heavy atom. The van der Waals surface area contributed by atoms with E-state index < -0.39 is 0 Å². The number of piperidine rings is 2. The molecule has 0 aliphatic carbocycles. The molecule has 20 heavy (non-hydrogen) atoms. The van der Waals surface area contributed by atoms with E-state index in [0.29, 0.717) is 6.54 Å². The Bertz CT molecular complexity index is 404. The minimum absolute atomic E-state index is 0.570. The summed E-state index contributed by atoms with van der Waals surface area (Å²) in [5.74, 6) is 1.06. The van der Waals surface area contributed by atoms with Crippen molar-refractivity contribution in [1.82, 2.24) is 9.80 Å². The summed E-state index contributed by atoms with van der Waals surface area (Å²) in [6.07, 6.45) is 8.63. The molecule has 1 aromatic rings. The Labute approximate surface area is 121 Å². The smallest absolute Gasteiger partial charge is 0.118 e. The van der Waals surface area contributed by atoms with Crippen LogP contribution in [0.1, 0.15) is 43.4 Å². The second-order valence-electron chi connectivity index (χ2n) is 6.23. The fraction of sp³-hybridized carbons (Fsp3) is 0.750. The van der Waals surface area contributed by atoms with Crippen LogP contribution >= 0.6 is 0 Å². The Morgan fingerprint density at radius 3 is 2.50 bits per heavy atom. The molecular formula is C16H27N3O. The van der Waals surface area contributed by atoms with Crippen molar-refractivity contribution in [2.24, 2.45) is 5.73 Å². The van der Waals surface area contributed by atoms with E-state index in [9.17, 15) is 0 Å². The fourth-order valence-electron chi connectivity index (χ4n) is 3.56. The van der Waals surface area contributed by atoms with Gasteiger partial charge in [0.1, 0.15) is 5.76 Å². The topological polar surface area (TPSA) is 45.6 Å². The third-order valence-corrected chi connectivity index (χ3v) is 4.79. The number of likely N-dealkylation sites (tertiary alicyclic amines) is 2. The van der Waals surface area contributed by atoms with Gasteiger partial charge in [-0.05, 0) is 44.8 Å². The highest BCUT2D eigenvalue weighted by Crippen LogP contribution is 2.22. The van der Waals surface area contributed by atoms with Crippen molar-refractivity contribution < 1.29 is 4.42 Å². The first-order valence-electron chi connectivity index (χ1n) is 8.08. The molecule has 2 aliphatic rings. The van der Waals surface area contributed by atoms with Crippen LogP contribution in [0.15, 0.2) is 16.7 Å². The van der Waals surface area contributed by atoms with E-state index in [-0.39, 0.29) is 0 Å². The second kappa shape index (κ2) is 6.74. The predicted molar refractivity (Wildman–Crippen MR) is 80.3 cm³/mol. The number of rotatable bonds is 4. The zero-order valence-electron chi connectivity index (χ0n) is 12.4. The first kappa shape index (κ1) is 14.1. The zero-order valence-corrected chi connectivity index (χ0v) is 12.4. The van der Waals surface area contributed by atoms with Crippen molar-refractivity contribution in [1.29, 1.82) is 0 Å². The van der Waals surface area contributed by atoms with E-state index >= 15 is 0 Å². The quantitative estimate of drug-likeness (QED) is 0.916. The molecule has 0 aromatic carbocycles. The van der Waals surface area contributed by atoms with Gasteiger partial charge < -0.3 is 15.1 Å². The van der Waals surface area contributed by atoms with Crippen LogP contribution in [-0.2, 0) is 13.1 Å². The molecule has 0 saturated carbocycles. The van der Waals surface area contributed by atoms with Gasteiger partial charge in [-0.25, -0.2) is 0 Å². The summed E-state index contributed by atoms with van der Waals surface area (Å²) in [5, 5.41) is 0. The maximum absolute atomic E-state index is 5.62. The van der Waals surface area contributed by atoms with Gasteiger partial charge in [0.2, 0.25) is 0 Å².